The van der Waals surface area contributed by atoms with Gasteiger partial charge in [0, 0.05) is 0 Å². The second kappa shape index (κ2) is 7.34. The third-order valence-corrected chi connectivity index (χ3v) is 4.31. The van der Waals surface area contributed by atoms with Gasteiger partial charge in [0.05, 0.1) is 6.10 Å². The average molecular weight is 270 g/mol. The SMILES string of the molecule is CSSC(OC(C)C)c1ccc(C(C)C)cc1. The van der Waals surface area contributed by atoms with Crippen LogP contribution in [-0.4, -0.2) is 12.4 Å². The first kappa shape index (κ1) is 14.9. The molecule has 1 rings (SSSR count). The van der Waals surface area contributed by atoms with Crippen LogP contribution in [0.5, 0.6) is 0 Å². The minimum atomic E-state index is 0.131. The van der Waals surface area contributed by atoms with Gasteiger partial charge in [-0.25, -0.2) is 0 Å². The molecule has 17 heavy (non-hydrogen) atoms. The molecule has 0 radical (unpaired) electrons. The quantitative estimate of drug-likeness (QED) is 0.516. The maximum absolute atomic E-state index is 5.92. The third kappa shape index (κ3) is 4.94. The van der Waals surface area contributed by atoms with Gasteiger partial charge in [-0.05, 0) is 37.1 Å². The van der Waals surface area contributed by atoms with E-state index in [1.807, 2.05) is 0 Å². The third-order valence-electron chi connectivity index (χ3n) is 2.45. The van der Waals surface area contributed by atoms with E-state index in [1.165, 1.54) is 11.1 Å². The van der Waals surface area contributed by atoms with Gasteiger partial charge in [0.1, 0.15) is 5.44 Å². The topological polar surface area (TPSA) is 9.23 Å². The molecular formula is C14H22OS2. The van der Waals surface area contributed by atoms with Crippen molar-refractivity contribution in [3.05, 3.63) is 35.4 Å². The summed E-state index contributed by atoms with van der Waals surface area (Å²) in [4.78, 5) is 0. The highest BCUT2D eigenvalue weighted by Crippen LogP contribution is 2.38. The highest BCUT2D eigenvalue weighted by atomic mass is 33.1. The summed E-state index contributed by atoms with van der Waals surface area (Å²) >= 11 is 0. The summed E-state index contributed by atoms with van der Waals surface area (Å²) in [5, 5.41) is 0. The zero-order valence-electron chi connectivity index (χ0n) is 11.3. The van der Waals surface area contributed by atoms with E-state index >= 15 is 0 Å². The molecule has 0 aliphatic heterocycles. The van der Waals surface area contributed by atoms with Crippen molar-refractivity contribution in [1.29, 1.82) is 0 Å². The van der Waals surface area contributed by atoms with Gasteiger partial charge >= 0.3 is 0 Å². The lowest BCUT2D eigenvalue weighted by atomic mass is 10.0. The van der Waals surface area contributed by atoms with Crippen molar-refractivity contribution in [3.8, 4) is 0 Å². The molecule has 0 aromatic heterocycles. The van der Waals surface area contributed by atoms with E-state index in [-0.39, 0.29) is 11.5 Å². The second-order valence-corrected chi connectivity index (χ2v) is 7.13. The lowest BCUT2D eigenvalue weighted by Crippen LogP contribution is -2.07. The van der Waals surface area contributed by atoms with Crippen LogP contribution in [0.2, 0.25) is 0 Å². The van der Waals surface area contributed by atoms with Gasteiger partial charge in [-0.1, -0.05) is 59.7 Å². The summed E-state index contributed by atoms with van der Waals surface area (Å²) in [6.07, 6.45) is 2.34. The Morgan fingerprint density at radius 1 is 0.941 bits per heavy atom. The monoisotopic (exact) mass is 270 g/mol. The molecule has 0 heterocycles. The van der Waals surface area contributed by atoms with Crippen LogP contribution in [-0.2, 0) is 4.74 Å². The molecule has 1 aromatic rings. The summed E-state index contributed by atoms with van der Waals surface area (Å²) in [5.41, 5.74) is 2.76. The van der Waals surface area contributed by atoms with Crippen molar-refractivity contribution < 1.29 is 4.74 Å². The molecule has 1 unspecified atom stereocenters. The molecule has 0 N–H and O–H groups in total. The number of hydrogen-bond donors (Lipinski definition) is 0. The van der Waals surface area contributed by atoms with Crippen LogP contribution in [0.25, 0.3) is 0 Å². The summed E-state index contributed by atoms with van der Waals surface area (Å²) < 4.78 is 5.92. The minimum absolute atomic E-state index is 0.131. The van der Waals surface area contributed by atoms with E-state index in [9.17, 15) is 0 Å². The fraction of sp³-hybridized carbons (Fsp3) is 0.571. The van der Waals surface area contributed by atoms with Crippen LogP contribution in [0.3, 0.4) is 0 Å². The van der Waals surface area contributed by atoms with Crippen molar-refractivity contribution in [1.82, 2.24) is 0 Å². The minimum Gasteiger partial charge on any atom is -0.359 e. The predicted molar refractivity (Wildman–Crippen MR) is 80.6 cm³/mol. The Bertz CT molecular complexity index is 319. The van der Waals surface area contributed by atoms with Crippen molar-refractivity contribution in [2.75, 3.05) is 6.26 Å². The Balaban J connectivity index is 2.79. The van der Waals surface area contributed by atoms with E-state index in [0.717, 1.165) is 0 Å². The first-order valence-electron chi connectivity index (χ1n) is 5.99. The summed E-state index contributed by atoms with van der Waals surface area (Å²) in [7, 11) is 3.52. The average Bonchev–Trinajstić information content (AvgIpc) is 2.28. The highest BCUT2D eigenvalue weighted by molar-refractivity contribution is 8.76. The first-order chi connectivity index (χ1) is 8.04. The van der Waals surface area contributed by atoms with Gasteiger partial charge in [0.15, 0.2) is 0 Å². The summed E-state index contributed by atoms with van der Waals surface area (Å²) in [6, 6.07) is 8.78. The Hall–Kier alpha value is -0.120. The van der Waals surface area contributed by atoms with Gasteiger partial charge < -0.3 is 4.74 Å². The van der Waals surface area contributed by atoms with Gasteiger partial charge in [0.2, 0.25) is 0 Å². The molecule has 0 bridgehead atoms. The molecular weight excluding hydrogens is 248 g/mol. The first-order valence-corrected chi connectivity index (χ1v) is 8.61. The molecule has 1 atom stereocenters. The van der Waals surface area contributed by atoms with Gasteiger partial charge in [0.25, 0.3) is 0 Å². The van der Waals surface area contributed by atoms with Crippen molar-refractivity contribution >= 4 is 21.6 Å². The van der Waals surface area contributed by atoms with Crippen molar-refractivity contribution in [3.63, 3.8) is 0 Å². The molecule has 0 amide bonds. The van der Waals surface area contributed by atoms with E-state index in [0.29, 0.717) is 5.92 Å². The van der Waals surface area contributed by atoms with Crippen molar-refractivity contribution in [2.24, 2.45) is 0 Å². The van der Waals surface area contributed by atoms with E-state index < -0.39 is 0 Å². The number of hydrogen-bond acceptors (Lipinski definition) is 3. The molecule has 0 fully saturated rings. The Labute approximate surface area is 113 Å². The van der Waals surface area contributed by atoms with Crippen LogP contribution in [0, 0.1) is 0 Å². The van der Waals surface area contributed by atoms with E-state index in [2.05, 4.69) is 58.2 Å². The maximum Gasteiger partial charge on any atom is 0.138 e. The van der Waals surface area contributed by atoms with Crippen LogP contribution in [0.15, 0.2) is 24.3 Å². The fourth-order valence-electron chi connectivity index (χ4n) is 1.53. The standard InChI is InChI=1S/C14H22OS2/c1-10(2)12-6-8-13(9-7-12)14(17-16-5)15-11(3)4/h6-11,14H,1-5H3. The second-order valence-electron chi connectivity index (χ2n) is 4.60. The molecule has 0 aliphatic carbocycles. The van der Waals surface area contributed by atoms with Crippen LogP contribution < -0.4 is 0 Å². The molecule has 0 aliphatic rings. The number of ether oxygens (including phenoxy) is 1. The van der Waals surface area contributed by atoms with Gasteiger partial charge in [-0.15, -0.1) is 0 Å². The molecule has 0 saturated heterocycles. The fourth-order valence-corrected chi connectivity index (χ4v) is 3.23. The van der Waals surface area contributed by atoms with E-state index in [1.54, 1.807) is 21.6 Å². The summed E-state index contributed by atoms with van der Waals surface area (Å²) in [5.74, 6) is 0.585. The number of benzene rings is 1. The molecule has 0 saturated carbocycles. The molecule has 0 spiro atoms. The largest absolute Gasteiger partial charge is 0.359 e. The molecule has 96 valence electrons. The smallest absolute Gasteiger partial charge is 0.138 e. The predicted octanol–water partition coefficient (Wildman–Crippen LogP) is 5.24. The molecule has 3 heteroatoms. The lowest BCUT2D eigenvalue weighted by molar-refractivity contribution is 0.0599. The van der Waals surface area contributed by atoms with Crippen LogP contribution >= 0.6 is 21.6 Å². The maximum atomic E-state index is 5.92. The molecule has 1 aromatic carbocycles. The Kier molecular flexibility index (Phi) is 6.45. The van der Waals surface area contributed by atoms with Gasteiger partial charge in [-0.3, -0.25) is 0 Å². The normalized spacial score (nSPS) is 13.4. The van der Waals surface area contributed by atoms with Gasteiger partial charge in [-0.2, -0.15) is 0 Å². The number of rotatable bonds is 6. The summed E-state index contributed by atoms with van der Waals surface area (Å²) in [6.45, 7) is 8.59. The highest BCUT2D eigenvalue weighted by Gasteiger charge is 2.14. The van der Waals surface area contributed by atoms with Crippen molar-refractivity contribution in [2.45, 2.75) is 45.2 Å². The molecule has 1 nitrogen and oxygen atoms in total. The van der Waals surface area contributed by atoms with Crippen LogP contribution in [0.4, 0.5) is 0 Å². The zero-order valence-corrected chi connectivity index (χ0v) is 12.9. The Morgan fingerprint density at radius 3 is 1.88 bits per heavy atom. The Morgan fingerprint density at radius 2 is 1.47 bits per heavy atom. The lowest BCUT2D eigenvalue weighted by Gasteiger charge is -2.19. The van der Waals surface area contributed by atoms with Crippen LogP contribution in [0.1, 0.15) is 50.2 Å². The zero-order chi connectivity index (χ0) is 12.8. The van der Waals surface area contributed by atoms with E-state index in [4.69, 9.17) is 4.74 Å².